The van der Waals surface area contributed by atoms with Crippen LogP contribution >= 0.6 is 0 Å². The van der Waals surface area contributed by atoms with Gasteiger partial charge in [-0.2, -0.15) is 18.2 Å². The zero-order valence-corrected chi connectivity index (χ0v) is 44.4. The van der Waals surface area contributed by atoms with E-state index in [2.05, 4.69) is 49.9 Å². The van der Waals surface area contributed by atoms with Crippen molar-refractivity contribution in [2.45, 2.75) is 39.9 Å². The third kappa shape index (κ3) is 8.11. The van der Waals surface area contributed by atoms with Crippen molar-refractivity contribution in [2.75, 3.05) is 0 Å². The second kappa shape index (κ2) is 19.3. The summed E-state index contributed by atoms with van der Waals surface area (Å²) in [6.07, 6.45) is 5.40. The van der Waals surface area contributed by atoms with E-state index in [1.807, 2.05) is 66.7 Å². The van der Waals surface area contributed by atoms with Gasteiger partial charge in [0.2, 0.25) is 0 Å². The van der Waals surface area contributed by atoms with Crippen molar-refractivity contribution in [3.63, 3.8) is 0 Å². The number of hydrogen-bond acceptors (Lipinski definition) is 2. The van der Waals surface area contributed by atoms with E-state index in [9.17, 15) is 5.48 Å². The molecule has 0 unspecified atom stereocenters. The second-order valence-electron chi connectivity index (χ2n) is 20.0. The number of hydrogen-bond donors (Lipinski definition) is 0. The van der Waals surface area contributed by atoms with E-state index in [-0.39, 0.29) is 82.4 Å². The van der Waals surface area contributed by atoms with Crippen molar-refractivity contribution >= 4 is 32.8 Å². The number of aromatic nitrogens is 4. The van der Waals surface area contributed by atoms with Crippen LogP contribution in [-0.2, 0) is 26.5 Å². The van der Waals surface area contributed by atoms with Crippen LogP contribution in [0.3, 0.4) is 0 Å². The molecule has 0 radical (unpaired) electrons. The standard InChI is InChI=1S/C72H52N4O.Pt/c1-46-20-16-21-47(2)68(46)61-33-19-34-62-69-55(49-24-10-7-11-25-49)31-18-32-60(69)56-28-12-13-29-57(56)63-40-50(48-22-8-6-9-23-48)41-66-71(63)75(70(61)62)45-74(66)52-26-17-27-53(43-52)77-54-36-37-59-58-30-14-15-35-64(58)76(65(59)44-54)67-42-51(38-39-73-67)72(3,4)5;/h6-42H,1-5H3;/q-2;/i1D3,2D3,6D,7D,8D,9D,10D,11D,22D,23D,24D,25D;. The Bertz CT molecular complexity index is 5260. The fraction of sp³-hybridized carbons (Fsp3) is 0.0833. The molecule has 0 saturated heterocycles. The fourth-order valence-electron chi connectivity index (χ4n) is 10.9. The van der Waals surface area contributed by atoms with E-state index in [0.717, 1.165) is 21.9 Å². The molecule has 14 rings (SSSR count). The van der Waals surface area contributed by atoms with Crippen molar-refractivity contribution in [1.29, 1.82) is 0 Å². The van der Waals surface area contributed by atoms with Crippen LogP contribution in [0.2, 0.25) is 0 Å². The van der Waals surface area contributed by atoms with Crippen LogP contribution in [-0.4, -0.2) is 14.1 Å². The van der Waals surface area contributed by atoms with Crippen LogP contribution in [0.25, 0.3) is 117 Å². The summed E-state index contributed by atoms with van der Waals surface area (Å²) < 4.78 is 157. The summed E-state index contributed by atoms with van der Waals surface area (Å²) in [5, 5.41) is 1.89. The zero-order valence-electron chi connectivity index (χ0n) is 58.1. The fourth-order valence-corrected chi connectivity index (χ4v) is 10.9. The number of benzene rings is 10. The Morgan fingerprint density at radius 1 is 0.538 bits per heavy atom. The summed E-state index contributed by atoms with van der Waals surface area (Å²) in [4.78, 5) is 4.84. The number of imidazole rings is 1. The SMILES string of the molecule is [2H]c1c([2H])c([2H])c(-c2cc3c4c(c2)n(-c2[c-]c(Oc5[c-]c6c(cc5)c5ccccc5n6-c5cc(C(C)(C)C)ccn5)ccc2)[c-][n+]4-c2c(cccc2-c2c(C([2H])([2H])[2H])cccc2C([2H])([2H])[2H])-c2c(cccc2-c2c([2H])c([2H])c([2H])c([2H])c2[2H])-c2ccccc2-3)c([2H])c1[2H].[Pt]. The zero-order chi connectivity index (χ0) is 65.6. The summed E-state index contributed by atoms with van der Waals surface area (Å²) in [5.74, 6) is 1.25. The largest absolute Gasteiger partial charge is 0.510 e. The normalized spacial score (nSPS) is 15.1. The number of aryl methyl sites for hydroxylation is 2. The van der Waals surface area contributed by atoms with E-state index in [1.54, 1.807) is 82.1 Å². The van der Waals surface area contributed by atoms with E-state index in [4.69, 9.17) is 26.2 Å². The predicted molar refractivity (Wildman–Crippen MR) is 314 cm³/mol. The first-order valence-electron chi connectivity index (χ1n) is 33.0. The summed E-state index contributed by atoms with van der Waals surface area (Å²) in [6.45, 7) is 0.624. The van der Waals surface area contributed by atoms with Crippen molar-refractivity contribution in [1.82, 2.24) is 14.1 Å². The van der Waals surface area contributed by atoms with Crippen molar-refractivity contribution < 1.29 is 52.3 Å². The Morgan fingerprint density at radius 3 is 1.94 bits per heavy atom. The maximum atomic E-state index is 9.43. The molecule has 10 aromatic carbocycles. The van der Waals surface area contributed by atoms with Crippen molar-refractivity contribution in [3.8, 4) is 95.5 Å². The monoisotopic (exact) mass is 1200 g/mol. The van der Waals surface area contributed by atoms with Gasteiger partial charge in [-0.3, -0.25) is 4.57 Å². The summed E-state index contributed by atoms with van der Waals surface area (Å²) >= 11 is 0. The first kappa shape index (κ1) is 34.0. The van der Waals surface area contributed by atoms with Gasteiger partial charge < -0.3 is 13.9 Å². The summed E-state index contributed by atoms with van der Waals surface area (Å²) in [6, 6.07) is 47.6. The third-order valence-electron chi connectivity index (χ3n) is 14.4. The van der Waals surface area contributed by atoms with Crippen LogP contribution in [0, 0.1) is 32.2 Å². The van der Waals surface area contributed by atoms with Crippen LogP contribution in [0.5, 0.6) is 11.5 Å². The van der Waals surface area contributed by atoms with Gasteiger partial charge in [0.25, 0.3) is 6.33 Å². The van der Waals surface area contributed by atoms with Gasteiger partial charge in [0.1, 0.15) is 5.82 Å². The third-order valence-corrected chi connectivity index (χ3v) is 14.4. The smallest absolute Gasteiger partial charge is 0.268 e. The number of pyridine rings is 1. The molecule has 0 aliphatic carbocycles. The first-order chi connectivity index (χ1) is 44.2. The van der Waals surface area contributed by atoms with Gasteiger partial charge in [-0.25, -0.2) is 4.98 Å². The van der Waals surface area contributed by atoms with Gasteiger partial charge in [0.15, 0.2) is 0 Å². The molecule has 0 fully saturated rings. The Labute approximate surface area is 492 Å². The summed E-state index contributed by atoms with van der Waals surface area (Å²) in [5.41, 5.74) is 5.65. The van der Waals surface area contributed by atoms with Crippen LogP contribution < -0.4 is 9.30 Å². The Balaban J connectivity index is 0.00000803. The molecular formula is C72H52N4OPt-2. The molecule has 0 saturated carbocycles. The molecule has 0 spiro atoms. The average Bonchev–Trinajstić information content (AvgIpc) is 1.50. The van der Waals surface area contributed by atoms with Gasteiger partial charge >= 0.3 is 0 Å². The number of ether oxygens (including phenoxy) is 1. The number of para-hydroxylation sites is 2. The Kier molecular flexibility index (Phi) is 8.41. The summed E-state index contributed by atoms with van der Waals surface area (Å²) in [7, 11) is 0. The molecule has 5 nitrogen and oxygen atoms in total. The van der Waals surface area contributed by atoms with E-state index >= 15 is 0 Å². The maximum Gasteiger partial charge on any atom is 0.268 e. The van der Waals surface area contributed by atoms with Crippen LogP contribution in [0.15, 0.2) is 224 Å². The molecule has 0 N–H and O–H groups in total. The van der Waals surface area contributed by atoms with E-state index < -0.39 is 74.1 Å². The molecular weight excluding hydrogens is 1130 g/mol. The minimum atomic E-state index is -2.90. The molecule has 6 heteroatoms. The Morgan fingerprint density at radius 2 is 1.18 bits per heavy atom. The molecule has 1 aliphatic heterocycles. The van der Waals surface area contributed by atoms with Crippen molar-refractivity contribution in [3.05, 3.63) is 259 Å². The van der Waals surface area contributed by atoms with Gasteiger partial charge in [-0.05, 0) is 138 Å². The minimum Gasteiger partial charge on any atom is -0.510 e. The van der Waals surface area contributed by atoms with Gasteiger partial charge in [-0.1, -0.05) is 190 Å². The number of rotatable bonds is 7. The molecule has 13 aromatic rings. The predicted octanol–water partition coefficient (Wildman–Crippen LogP) is 17.8. The van der Waals surface area contributed by atoms with Crippen molar-refractivity contribution in [2.24, 2.45) is 0 Å². The quantitative estimate of drug-likeness (QED) is 0.118. The molecule has 378 valence electrons. The number of nitrogens with zero attached hydrogens (tertiary/aromatic N) is 4. The molecule has 3 aromatic heterocycles. The molecule has 0 atom stereocenters. The van der Waals surface area contributed by atoms with Crippen LogP contribution in [0.4, 0.5) is 0 Å². The van der Waals surface area contributed by atoms with Crippen LogP contribution in [0.1, 0.15) is 59.4 Å². The topological polar surface area (TPSA) is 35.9 Å². The first-order valence-corrected chi connectivity index (χ1v) is 25.0. The maximum absolute atomic E-state index is 9.43. The molecule has 0 bridgehead atoms. The Hall–Kier alpha value is -8.89. The molecule has 0 amide bonds. The van der Waals surface area contributed by atoms with Gasteiger partial charge in [-0.15, -0.1) is 29.7 Å². The minimum absolute atomic E-state index is 0. The van der Waals surface area contributed by atoms with E-state index in [0.29, 0.717) is 67.2 Å². The number of fused-ring (bicyclic) bond motifs is 10. The second-order valence-corrected chi connectivity index (χ2v) is 20.0. The molecule has 1 aliphatic rings. The van der Waals surface area contributed by atoms with Gasteiger partial charge in [0, 0.05) is 52.5 Å². The molecule has 4 heterocycles. The average molecular weight is 1200 g/mol. The van der Waals surface area contributed by atoms with Gasteiger partial charge in [0.05, 0.1) is 30.4 Å². The van der Waals surface area contributed by atoms with E-state index in [1.165, 1.54) is 18.2 Å². The molecule has 78 heavy (non-hydrogen) atoms.